The van der Waals surface area contributed by atoms with Crippen molar-refractivity contribution in [3.8, 4) is 0 Å². The monoisotopic (exact) mass is 228 g/mol. The van der Waals surface area contributed by atoms with Crippen LogP contribution in [0.2, 0.25) is 0 Å². The summed E-state index contributed by atoms with van der Waals surface area (Å²) in [4.78, 5) is 2.45. The molecule has 2 nitrogen and oxygen atoms in total. The Morgan fingerprint density at radius 3 is 2.47 bits per heavy atom. The van der Waals surface area contributed by atoms with E-state index in [0.29, 0.717) is 0 Å². The number of hydrogen-bond acceptors (Lipinski definition) is 3. The topological polar surface area (TPSA) is 15.3 Å². The molecular formula is C12H24N2S. The predicted octanol–water partition coefficient (Wildman–Crippen LogP) is 1.81. The van der Waals surface area contributed by atoms with Gasteiger partial charge >= 0.3 is 0 Å². The normalized spacial score (nSPS) is 27.0. The number of likely N-dealkylation sites (tertiary alicyclic amines) is 1. The largest absolute Gasteiger partial charge is 0.314 e. The van der Waals surface area contributed by atoms with E-state index in [2.05, 4.69) is 29.0 Å². The van der Waals surface area contributed by atoms with Crippen LogP contribution in [0.25, 0.3) is 0 Å². The zero-order valence-electron chi connectivity index (χ0n) is 9.87. The van der Waals surface area contributed by atoms with Gasteiger partial charge in [0, 0.05) is 6.04 Å². The zero-order chi connectivity index (χ0) is 10.5. The lowest BCUT2D eigenvalue weighted by Crippen LogP contribution is -2.39. The molecule has 0 atom stereocenters. The second-order valence-electron chi connectivity index (χ2n) is 5.04. The van der Waals surface area contributed by atoms with Crippen LogP contribution in [0.5, 0.6) is 0 Å². The van der Waals surface area contributed by atoms with Crippen molar-refractivity contribution in [2.45, 2.75) is 31.7 Å². The third kappa shape index (κ3) is 3.97. The highest BCUT2D eigenvalue weighted by molar-refractivity contribution is 7.99. The average molecular weight is 228 g/mol. The highest BCUT2D eigenvalue weighted by atomic mass is 32.2. The maximum absolute atomic E-state index is 3.77. The molecule has 2 aliphatic heterocycles. The van der Waals surface area contributed by atoms with Crippen LogP contribution in [-0.4, -0.2) is 49.1 Å². The second kappa shape index (κ2) is 6.12. The Labute approximate surface area is 98.2 Å². The summed E-state index contributed by atoms with van der Waals surface area (Å²) in [5.74, 6) is 3.67. The van der Waals surface area contributed by atoms with Gasteiger partial charge in [-0.2, -0.15) is 11.8 Å². The van der Waals surface area contributed by atoms with E-state index in [-0.39, 0.29) is 0 Å². The van der Waals surface area contributed by atoms with Crippen LogP contribution in [-0.2, 0) is 0 Å². The summed E-state index contributed by atoms with van der Waals surface area (Å²) in [6.07, 6.45) is 5.56. The Hall–Kier alpha value is 0.270. The molecule has 0 unspecified atom stereocenters. The molecule has 0 spiro atoms. The fourth-order valence-corrected chi connectivity index (χ4v) is 3.61. The maximum Gasteiger partial charge on any atom is 0.00828 e. The van der Waals surface area contributed by atoms with E-state index in [1.807, 2.05) is 0 Å². The molecule has 0 amide bonds. The fraction of sp³-hybridized carbons (Fsp3) is 1.00. The van der Waals surface area contributed by atoms with Gasteiger partial charge in [0.25, 0.3) is 0 Å². The Morgan fingerprint density at radius 2 is 1.80 bits per heavy atom. The first-order valence-electron chi connectivity index (χ1n) is 6.34. The third-order valence-corrected chi connectivity index (χ3v) is 4.80. The summed E-state index contributed by atoms with van der Waals surface area (Å²) < 4.78 is 0. The Kier molecular flexibility index (Phi) is 4.79. The number of nitrogens with one attached hydrogen (secondary N) is 1. The summed E-state index contributed by atoms with van der Waals surface area (Å²) >= 11 is 2.11. The highest BCUT2D eigenvalue weighted by Crippen LogP contribution is 2.19. The lowest BCUT2D eigenvalue weighted by atomic mass is 9.96. The van der Waals surface area contributed by atoms with Crippen LogP contribution in [0, 0.1) is 5.92 Å². The summed E-state index contributed by atoms with van der Waals surface area (Å²) in [5.41, 5.74) is 0. The second-order valence-corrected chi connectivity index (χ2v) is 6.27. The Morgan fingerprint density at radius 1 is 1.13 bits per heavy atom. The minimum Gasteiger partial charge on any atom is -0.314 e. The van der Waals surface area contributed by atoms with Crippen molar-refractivity contribution in [3.63, 3.8) is 0 Å². The molecule has 2 rings (SSSR count). The van der Waals surface area contributed by atoms with Crippen LogP contribution < -0.4 is 5.32 Å². The summed E-state index contributed by atoms with van der Waals surface area (Å²) in [7, 11) is 2.24. The van der Waals surface area contributed by atoms with E-state index >= 15 is 0 Å². The molecule has 15 heavy (non-hydrogen) atoms. The smallest absolute Gasteiger partial charge is 0.00828 e. The molecule has 0 saturated carbocycles. The van der Waals surface area contributed by atoms with Crippen molar-refractivity contribution in [2.24, 2.45) is 5.92 Å². The lowest BCUT2D eigenvalue weighted by Gasteiger charge is -2.31. The van der Waals surface area contributed by atoms with Crippen molar-refractivity contribution < 1.29 is 0 Å². The van der Waals surface area contributed by atoms with Gasteiger partial charge in [-0.1, -0.05) is 0 Å². The van der Waals surface area contributed by atoms with Crippen molar-refractivity contribution in [1.82, 2.24) is 10.2 Å². The van der Waals surface area contributed by atoms with Crippen LogP contribution in [0.4, 0.5) is 0 Å². The fourth-order valence-electron chi connectivity index (χ4n) is 2.50. The van der Waals surface area contributed by atoms with E-state index in [9.17, 15) is 0 Å². The van der Waals surface area contributed by atoms with Gasteiger partial charge in [0.2, 0.25) is 0 Å². The van der Waals surface area contributed by atoms with Gasteiger partial charge in [0.15, 0.2) is 0 Å². The van der Waals surface area contributed by atoms with E-state index in [1.54, 1.807) is 0 Å². The Balaban J connectivity index is 1.60. The molecule has 0 aromatic heterocycles. The average Bonchev–Trinajstić information content (AvgIpc) is 2.30. The van der Waals surface area contributed by atoms with Gasteiger partial charge < -0.3 is 10.2 Å². The van der Waals surface area contributed by atoms with Crippen LogP contribution in [0.1, 0.15) is 25.7 Å². The molecule has 1 N–H and O–H groups in total. The molecule has 2 aliphatic rings. The molecule has 0 bridgehead atoms. The summed E-state index contributed by atoms with van der Waals surface area (Å²) in [6.45, 7) is 3.86. The first-order chi connectivity index (χ1) is 7.34. The van der Waals surface area contributed by atoms with Gasteiger partial charge in [-0.3, -0.25) is 0 Å². The molecule has 3 heteroatoms. The lowest BCUT2D eigenvalue weighted by molar-refractivity contribution is 0.211. The van der Waals surface area contributed by atoms with Gasteiger partial charge in [-0.15, -0.1) is 0 Å². The van der Waals surface area contributed by atoms with E-state index in [0.717, 1.165) is 12.0 Å². The molecule has 2 fully saturated rings. The highest BCUT2D eigenvalue weighted by Gasteiger charge is 2.18. The molecule has 88 valence electrons. The third-order valence-electron chi connectivity index (χ3n) is 3.75. The minimum absolute atomic E-state index is 0.825. The van der Waals surface area contributed by atoms with Gasteiger partial charge in [-0.05, 0) is 69.8 Å². The number of thioether (sulfide) groups is 1. The summed E-state index contributed by atoms with van der Waals surface area (Å²) in [5, 5.41) is 3.77. The number of nitrogens with zero attached hydrogens (tertiary/aromatic N) is 1. The van der Waals surface area contributed by atoms with Crippen LogP contribution in [0.3, 0.4) is 0 Å². The van der Waals surface area contributed by atoms with Crippen LogP contribution >= 0.6 is 11.8 Å². The molecule has 0 aliphatic carbocycles. The van der Waals surface area contributed by atoms with Gasteiger partial charge in [0.1, 0.15) is 0 Å². The summed E-state index contributed by atoms with van der Waals surface area (Å²) in [6, 6.07) is 0.825. The minimum atomic E-state index is 0.825. The number of rotatable bonds is 3. The van der Waals surface area contributed by atoms with Gasteiger partial charge in [0.05, 0.1) is 0 Å². The maximum atomic E-state index is 3.77. The van der Waals surface area contributed by atoms with Crippen molar-refractivity contribution >= 4 is 11.8 Å². The van der Waals surface area contributed by atoms with E-state index < -0.39 is 0 Å². The molecule has 2 heterocycles. The van der Waals surface area contributed by atoms with E-state index in [4.69, 9.17) is 0 Å². The SMILES string of the molecule is CN1CCC(CNC2CCSCC2)CC1. The molecule has 0 aromatic rings. The van der Waals surface area contributed by atoms with E-state index in [1.165, 1.54) is 56.8 Å². The predicted molar refractivity (Wildman–Crippen MR) is 68.6 cm³/mol. The quantitative estimate of drug-likeness (QED) is 0.793. The molecule has 0 aromatic carbocycles. The molecular weight excluding hydrogens is 204 g/mol. The first-order valence-corrected chi connectivity index (χ1v) is 7.50. The van der Waals surface area contributed by atoms with Crippen LogP contribution in [0.15, 0.2) is 0 Å². The standard InChI is InChI=1S/C12H24N2S/c1-14-6-2-11(3-7-14)10-13-12-4-8-15-9-5-12/h11-13H,2-10H2,1H3. The molecule has 2 saturated heterocycles. The van der Waals surface area contributed by atoms with Crippen molar-refractivity contribution in [3.05, 3.63) is 0 Å². The number of hydrogen-bond donors (Lipinski definition) is 1. The first kappa shape index (κ1) is 11.7. The number of piperidine rings is 1. The van der Waals surface area contributed by atoms with Crippen molar-refractivity contribution in [1.29, 1.82) is 0 Å². The molecule has 0 radical (unpaired) electrons. The zero-order valence-corrected chi connectivity index (χ0v) is 10.7. The Bertz CT molecular complexity index is 172. The van der Waals surface area contributed by atoms with Gasteiger partial charge in [-0.25, -0.2) is 0 Å². The van der Waals surface area contributed by atoms with Crippen molar-refractivity contribution in [2.75, 3.05) is 38.2 Å².